The monoisotopic (exact) mass is 540 g/mol. The summed E-state index contributed by atoms with van der Waals surface area (Å²) in [5.74, 6) is 0.185. The lowest BCUT2D eigenvalue weighted by molar-refractivity contribution is 0.0991. The van der Waals surface area contributed by atoms with Gasteiger partial charge in [-0.3, -0.25) is 9.59 Å². The third kappa shape index (κ3) is 4.97. The van der Waals surface area contributed by atoms with E-state index in [4.69, 9.17) is 32.4 Å². The second-order valence-electron chi connectivity index (χ2n) is 9.02. The van der Waals surface area contributed by atoms with E-state index in [9.17, 15) is 9.59 Å². The number of aromatic nitrogens is 4. The molecule has 5 aromatic rings. The fourth-order valence-electron chi connectivity index (χ4n) is 4.51. The van der Waals surface area contributed by atoms with Crippen molar-refractivity contribution in [1.29, 1.82) is 0 Å². The number of benzene rings is 3. The van der Waals surface area contributed by atoms with Crippen molar-refractivity contribution in [3.05, 3.63) is 83.4 Å². The fourth-order valence-corrected chi connectivity index (χ4v) is 4.51. The predicted octanol–water partition coefficient (Wildman–Crippen LogP) is 2.59. The van der Waals surface area contributed by atoms with Gasteiger partial charge < -0.3 is 41.5 Å². The summed E-state index contributed by atoms with van der Waals surface area (Å²) in [7, 11) is 1.50. The molecule has 12 nitrogen and oxygen atoms in total. The lowest BCUT2D eigenvalue weighted by Crippen LogP contribution is -2.11. The van der Waals surface area contributed by atoms with Crippen molar-refractivity contribution in [1.82, 2.24) is 19.1 Å². The number of carbonyl (C=O) groups is 2. The number of amides is 2. The summed E-state index contributed by atoms with van der Waals surface area (Å²) in [6.07, 6.45) is 3.79. The maximum absolute atomic E-state index is 11.9. The fraction of sp³-hybridized carbons (Fsp3) is 0.143. The van der Waals surface area contributed by atoms with Crippen LogP contribution in [0.15, 0.2) is 66.7 Å². The van der Waals surface area contributed by atoms with Crippen molar-refractivity contribution in [3.63, 3.8) is 0 Å². The van der Waals surface area contributed by atoms with Crippen LogP contribution in [0.1, 0.15) is 26.3 Å². The first-order chi connectivity index (χ1) is 19.3. The molecule has 0 aliphatic rings. The van der Waals surface area contributed by atoms with Gasteiger partial charge in [0, 0.05) is 24.2 Å². The maximum Gasteiger partial charge on any atom is 0.248 e. The molecule has 0 radical (unpaired) electrons. The van der Waals surface area contributed by atoms with Crippen molar-refractivity contribution in [2.24, 2.45) is 11.5 Å². The van der Waals surface area contributed by atoms with Crippen molar-refractivity contribution in [3.8, 4) is 11.5 Å². The van der Waals surface area contributed by atoms with Gasteiger partial charge in [-0.15, -0.1) is 0 Å². The van der Waals surface area contributed by atoms with E-state index in [-0.39, 0.29) is 29.6 Å². The largest absolute Gasteiger partial charge is 0.494 e. The van der Waals surface area contributed by atoms with Crippen molar-refractivity contribution in [2.45, 2.75) is 19.7 Å². The van der Waals surface area contributed by atoms with E-state index in [2.05, 4.69) is 9.97 Å². The maximum atomic E-state index is 11.9. The van der Waals surface area contributed by atoms with Crippen LogP contribution in [0, 0.1) is 0 Å². The minimum atomic E-state index is -0.594. The second-order valence-corrected chi connectivity index (χ2v) is 9.02. The Hall–Kier alpha value is -5.52. The molecule has 0 aliphatic carbocycles. The molecular formula is C28H28N8O4. The number of rotatable bonds is 10. The van der Waals surface area contributed by atoms with Gasteiger partial charge >= 0.3 is 0 Å². The Labute approximate surface area is 228 Å². The van der Waals surface area contributed by atoms with E-state index in [1.165, 1.54) is 7.11 Å². The predicted molar refractivity (Wildman–Crippen MR) is 152 cm³/mol. The van der Waals surface area contributed by atoms with Gasteiger partial charge in [-0.1, -0.05) is 42.5 Å². The molecule has 5 rings (SSSR count). The number of imidazole rings is 2. The quantitative estimate of drug-likeness (QED) is 0.194. The Balaban J connectivity index is 1.44. The van der Waals surface area contributed by atoms with Crippen LogP contribution in [0.4, 0.5) is 11.9 Å². The van der Waals surface area contributed by atoms with Crippen LogP contribution in [0.25, 0.3) is 22.1 Å². The number of primary amides is 2. The summed E-state index contributed by atoms with van der Waals surface area (Å²) in [4.78, 5) is 32.4. The van der Waals surface area contributed by atoms with Gasteiger partial charge in [0.15, 0.2) is 0 Å². The van der Waals surface area contributed by atoms with E-state index in [1.807, 2.05) is 42.5 Å². The number of anilines is 2. The van der Waals surface area contributed by atoms with E-state index in [1.54, 1.807) is 33.4 Å². The molecule has 12 heteroatoms. The van der Waals surface area contributed by atoms with Crippen LogP contribution in [-0.2, 0) is 19.7 Å². The Bertz CT molecular complexity index is 1770. The van der Waals surface area contributed by atoms with Crippen LogP contribution in [0.5, 0.6) is 11.5 Å². The first kappa shape index (κ1) is 26.1. The van der Waals surface area contributed by atoms with Crippen LogP contribution >= 0.6 is 0 Å². The molecule has 0 atom stereocenters. The summed E-state index contributed by atoms with van der Waals surface area (Å²) in [5, 5.41) is 0. The molecule has 40 heavy (non-hydrogen) atoms. The molecule has 0 bridgehead atoms. The van der Waals surface area contributed by atoms with E-state index < -0.39 is 11.8 Å². The van der Waals surface area contributed by atoms with Gasteiger partial charge in [0.05, 0.1) is 18.1 Å². The van der Waals surface area contributed by atoms with Crippen molar-refractivity contribution in [2.75, 3.05) is 18.6 Å². The van der Waals surface area contributed by atoms with Gasteiger partial charge in [-0.05, 0) is 29.8 Å². The van der Waals surface area contributed by atoms with Gasteiger partial charge in [-0.2, -0.15) is 0 Å². The molecule has 0 saturated heterocycles. The number of methoxy groups -OCH3 is 1. The first-order valence-corrected chi connectivity index (χ1v) is 12.3. The van der Waals surface area contributed by atoms with Gasteiger partial charge in [0.2, 0.25) is 23.7 Å². The summed E-state index contributed by atoms with van der Waals surface area (Å²) in [6, 6.07) is 16.0. The van der Waals surface area contributed by atoms with E-state index in [0.29, 0.717) is 46.7 Å². The second kappa shape index (κ2) is 10.7. The molecule has 2 heterocycles. The lowest BCUT2D eigenvalue weighted by atomic mass is 10.1. The molecule has 0 saturated carbocycles. The molecule has 0 aliphatic heterocycles. The Morgan fingerprint density at radius 3 is 1.80 bits per heavy atom. The number of nitrogen functional groups attached to an aromatic ring is 2. The highest BCUT2D eigenvalue weighted by Gasteiger charge is 2.18. The summed E-state index contributed by atoms with van der Waals surface area (Å²) < 4.78 is 15.1. The molecular weight excluding hydrogens is 512 g/mol. The zero-order chi connectivity index (χ0) is 28.4. The smallest absolute Gasteiger partial charge is 0.248 e. The molecule has 0 unspecified atom stereocenters. The van der Waals surface area contributed by atoms with Crippen molar-refractivity contribution < 1.29 is 19.1 Å². The molecule has 8 N–H and O–H groups in total. The van der Waals surface area contributed by atoms with Gasteiger partial charge in [0.25, 0.3) is 0 Å². The average molecular weight is 541 g/mol. The van der Waals surface area contributed by atoms with E-state index in [0.717, 1.165) is 5.56 Å². The van der Waals surface area contributed by atoms with E-state index >= 15 is 0 Å². The highest BCUT2D eigenvalue weighted by atomic mass is 16.5. The SMILES string of the molecule is COc1cc(C(N)=O)cc2nc(N)n(C/C=C/Cn3c(N)nc4cc(C(N)=O)cc(OCc5ccccc5)c43)c12. The summed E-state index contributed by atoms with van der Waals surface area (Å²) in [6.45, 7) is 1.01. The Morgan fingerprint density at radius 2 is 1.30 bits per heavy atom. The number of nitrogens with zero attached hydrogens (tertiary/aromatic N) is 4. The number of hydrogen-bond donors (Lipinski definition) is 4. The Morgan fingerprint density at radius 1 is 0.800 bits per heavy atom. The number of hydrogen-bond acceptors (Lipinski definition) is 8. The van der Waals surface area contributed by atoms with Gasteiger partial charge in [0.1, 0.15) is 29.1 Å². The minimum absolute atomic E-state index is 0.249. The molecule has 204 valence electrons. The Kier molecular flexibility index (Phi) is 6.98. The standard InChI is InChI=1S/C28H28N8O4/c1-39-21-13-17(25(29)37)11-19-23(21)35(27(31)33-19)9-5-6-10-36-24-20(34-28(36)32)12-18(26(30)38)14-22(24)40-15-16-7-3-2-4-8-16/h2-8,11-14H,9-10,15H2,1H3,(H2,29,37)(H2,30,38)(H2,31,33)(H2,32,34)/b6-5+. The summed E-state index contributed by atoms with van der Waals surface area (Å²) >= 11 is 0. The highest BCUT2D eigenvalue weighted by molar-refractivity contribution is 5.99. The average Bonchev–Trinajstić information content (AvgIpc) is 3.44. The zero-order valence-corrected chi connectivity index (χ0v) is 21.7. The van der Waals surface area contributed by atoms with Gasteiger partial charge in [-0.25, -0.2) is 9.97 Å². The number of carbonyl (C=O) groups excluding carboxylic acids is 2. The minimum Gasteiger partial charge on any atom is -0.494 e. The zero-order valence-electron chi connectivity index (χ0n) is 21.7. The number of nitrogens with two attached hydrogens (primary N) is 4. The third-order valence-electron chi connectivity index (χ3n) is 6.44. The molecule has 2 amide bonds. The number of allylic oxidation sites excluding steroid dienone is 2. The van der Waals surface area contributed by atoms with Crippen LogP contribution < -0.4 is 32.4 Å². The van der Waals surface area contributed by atoms with Crippen LogP contribution in [-0.4, -0.2) is 38.0 Å². The molecule has 0 fully saturated rings. The number of fused-ring (bicyclic) bond motifs is 2. The summed E-state index contributed by atoms with van der Waals surface area (Å²) in [5.41, 5.74) is 27.2. The highest BCUT2D eigenvalue weighted by Crippen LogP contribution is 2.31. The molecule has 0 spiro atoms. The lowest BCUT2D eigenvalue weighted by Gasteiger charge is -2.12. The van der Waals surface area contributed by atoms with Crippen LogP contribution in [0.2, 0.25) is 0 Å². The first-order valence-electron chi connectivity index (χ1n) is 12.3. The number of ether oxygens (including phenoxy) is 2. The normalized spacial score (nSPS) is 11.4. The van der Waals surface area contributed by atoms with Crippen molar-refractivity contribution >= 4 is 45.8 Å². The topological polar surface area (TPSA) is 192 Å². The molecule has 2 aromatic heterocycles. The van der Waals surface area contributed by atoms with Crippen LogP contribution in [0.3, 0.4) is 0 Å². The molecule has 3 aromatic carbocycles. The third-order valence-corrected chi connectivity index (χ3v) is 6.44.